The molecular weight excluding hydrogens is 529 g/mol. The number of carbonyl (C=O) groups is 3. The quantitative estimate of drug-likeness (QED) is 0.471. The molecule has 41 heavy (non-hydrogen) atoms. The molecular formula is C31H32FN3O6. The van der Waals surface area contributed by atoms with Crippen molar-refractivity contribution < 1.29 is 33.0 Å². The van der Waals surface area contributed by atoms with Gasteiger partial charge in [0.15, 0.2) is 6.61 Å². The van der Waals surface area contributed by atoms with E-state index < -0.39 is 23.9 Å². The van der Waals surface area contributed by atoms with Crippen LogP contribution >= 0.6 is 0 Å². The number of likely N-dealkylation sites (tertiary alicyclic amines) is 1. The number of amides is 2. The second kappa shape index (κ2) is 12.8. The predicted octanol–water partition coefficient (Wildman–Crippen LogP) is 3.32. The summed E-state index contributed by atoms with van der Waals surface area (Å²) in [5.74, 6) is -0.658. The lowest BCUT2D eigenvalue weighted by Gasteiger charge is -2.22. The molecule has 6 rings (SSSR count). The standard InChI is InChI=1S/C31H32FN3O6/c1-39-30(37)6-3-13-35-17-27-28(18-35)41-23-10-7-20(8-11-23)16-33-29(36)19-40-24-5-2-4-21(14-24)22-9-12-26(32)25(15-22)31(38)34-27/h2,4-5,7-12,14-15,27-28H,3,6,13,16-19H2,1H3,(H,33,36)(H,34,38)/t27-,28-/m0/s1. The van der Waals surface area contributed by atoms with E-state index in [0.717, 1.165) is 5.56 Å². The zero-order valence-electron chi connectivity index (χ0n) is 22.7. The van der Waals surface area contributed by atoms with Gasteiger partial charge in [0.05, 0.1) is 18.7 Å². The van der Waals surface area contributed by atoms with E-state index >= 15 is 0 Å². The predicted molar refractivity (Wildman–Crippen MR) is 149 cm³/mol. The maximum Gasteiger partial charge on any atom is 0.305 e. The highest BCUT2D eigenvalue weighted by atomic mass is 19.1. The lowest BCUT2D eigenvalue weighted by atomic mass is 10.0. The van der Waals surface area contributed by atoms with Crippen LogP contribution in [0.15, 0.2) is 66.7 Å². The minimum Gasteiger partial charge on any atom is -0.487 e. The highest BCUT2D eigenvalue weighted by molar-refractivity contribution is 5.96. The van der Waals surface area contributed by atoms with Gasteiger partial charge >= 0.3 is 5.97 Å². The first-order chi connectivity index (χ1) is 19.9. The Morgan fingerprint density at radius 2 is 1.83 bits per heavy atom. The van der Waals surface area contributed by atoms with Crippen LogP contribution in [0.25, 0.3) is 11.1 Å². The fraction of sp³-hybridized carbons (Fsp3) is 0.323. The summed E-state index contributed by atoms with van der Waals surface area (Å²) in [6.07, 6.45) is 0.478. The van der Waals surface area contributed by atoms with Gasteiger partial charge in [0.1, 0.15) is 23.4 Å². The van der Waals surface area contributed by atoms with Crippen LogP contribution in [0.4, 0.5) is 4.39 Å². The molecule has 2 atom stereocenters. The molecule has 10 heteroatoms. The SMILES string of the molecule is COC(=O)CCCN1C[C@@H]2NC(=O)c3cc(ccc3F)-c3cccc(c3)OCC(=O)NCc3ccc(cc3)O[C@H]2C1. The average molecular weight is 562 g/mol. The molecule has 0 radical (unpaired) electrons. The van der Waals surface area contributed by atoms with Gasteiger partial charge in [-0.25, -0.2) is 4.39 Å². The highest BCUT2D eigenvalue weighted by Gasteiger charge is 2.36. The number of rotatable bonds is 4. The maximum atomic E-state index is 14.9. The summed E-state index contributed by atoms with van der Waals surface area (Å²) in [6.45, 7) is 1.77. The maximum absolute atomic E-state index is 14.9. The van der Waals surface area contributed by atoms with Crippen molar-refractivity contribution >= 4 is 17.8 Å². The lowest BCUT2D eigenvalue weighted by Crippen LogP contribution is -2.45. The number of benzene rings is 3. The van der Waals surface area contributed by atoms with Crippen molar-refractivity contribution in [3.63, 3.8) is 0 Å². The molecule has 2 amide bonds. The van der Waals surface area contributed by atoms with E-state index in [1.54, 1.807) is 24.3 Å². The van der Waals surface area contributed by atoms with Crippen LogP contribution in [-0.4, -0.2) is 68.2 Å². The van der Waals surface area contributed by atoms with Crippen molar-refractivity contribution in [3.05, 3.63) is 83.7 Å². The fourth-order valence-electron chi connectivity index (χ4n) is 4.99. The second-order valence-electron chi connectivity index (χ2n) is 10.1. The van der Waals surface area contributed by atoms with E-state index in [0.29, 0.717) is 55.2 Å². The Kier molecular flexibility index (Phi) is 8.79. The highest BCUT2D eigenvalue weighted by Crippen LogP contribution is 2.27. The number of hydrogen-bond donors (Lipinski definition) is 2. The van der Waals surface area contributed by atoms with Crippen molar-refractivity contribution in [2.24, 2.45) is 0 Å². The summed E-state index contributed by atoms with van der Waals surface area (Å²) in [5, 5.41) is 5.83. The zero-order valence-corrected chi connectivity index (χ0v) is 22.7. The van der Waals surface area contributed by atoms with E-state index in [-0.39, 0.29) is 30.5 Å². The lowest BCUT2D eigenvalue weighted by molar-refractivity contribution is -0.140. The van der Waals surface area contributed by atoms with Gasteiger partial charge in [-0.1, -0.05) is 30.3 Å². The molecule has 9 nitrogen and oxygen atoms in total. The van der Waals surface area contributed by atoms with Crippen LogP contribution in [0.1, 0.15) is 28.8 Å². The molecule has 3 aromatic rings. The topological polar surface area (TPSA) is 106 Å². The van der Waals surface area contributed by atoms with Crippen LogP contribution in [0.3, 0.4) is 0 Å². The summed E-state index contributed by atoms with van der Waals surface area (Å²) in [5.41, 5.74) is 2.14. The van der Waals surface area contributed by atoms with Crippen LogP contribution in [0.5, 0.6) is 11.5 Å². The number of nitrogens with zero attached hydrogens (tertiary/aromatic N) is 1. The van der Waals surface area contributed by atoms with Crippen LogP contribution in [-0.2, 0) is 20.9 Å². The first-order valence-corrected chi connectivity index (χ1v) is 13.5. The van der Waals surface area contributed by atoms with Crippen molar-refractivity contribution in [1.29, 1.82) is 0 Å². The Balaban J connectivity index is 1.42. The third-order valence-corrected chi connectivity index (χ3v) is 7.19. The van der Waals surface area contributed by atoms with Crippen molar-refractivity contribution in [3.8, 4) is 22.6 Å². The van der Waals surface area contributed by atoms with Crippen LogP contribution in [0.2, 0.25) is 0 Å². The fourth-order valence-corrected chi connectivity index (χ4v) is 4.99. The van der Waals surface area contributed by atoms with E-state index in [1.165, 1.54) is 19.2 Å². The monoisotopic (exact) mass is 561 g/mol. The molecule has 1 saturated heterocycles. The molecule has 0 unspecified atom stereocenters. The average Bonchev–Trinajstić information content (AvgIpc) is 3.35. The Labute approximate surface area is 237 Å². The zero-order chi connectivity index (χ0) is 28.8. The molecule has 2 N–H and O–H groups in total. The van der Waals surface area contributed by atoms with Gasteiger partial charge in [0.25, 0.3) is 11.8 Å². The normalized spacial score (nSPS) is 19.3. The number of hydrogen-bond acceptors (Lipinski definition) is 7. The third kappa shape index (κ3) is 7.20. The molecule has 1 fully saturated rings. The van der Waals surface area contributed by atoms with Gasteiger partial charge < -0.3 is 24.8 Å². The third-order valence-electron chi connectivity index (χ3n) is 7.19. The number of methoxy groups -OCH3 is 1. The molecule has 214 valence electrons. The van der Waals surface area contributed by atoms with E-state index in [2.05, 4.69) is 15.5 Å². The Bertz CT molecular complexity index is 1410. The molecule has 3 heterocycles. The van der Waals surface area contributed by atoms with E-state index in [4.69, 9.17) is 14.2 Å². The molecule has 3 aliphatic heterocycles. The number of esters is 1. The van der Waals surface area contributed by atoms with Gasteiger partial charge in [0, 0.05) is 26.1 Å². The summed E-state index contributed by atoms with van der Waals surface area (Å²) in [6, 6.07) is 18.3. The molecule has 6 bridgehead atoms. The first kappa shape index (κ1) is 28.1. The van der Waals surface area contributed by atoms with Crippen LogP contribution in [0, 0.1) is 5.82 Å². The first-order valence-electron chi connectivity index (χ1n) is 13.5. The molecule has 0 aromatic heterocycles. The minimum absolute atomic E-state index is 0.0881. The Morgan fingerprint density at radius 1 is 1.02 bits per heavy atom. The van der Waals surface area contributed by atoms with Gasteiger partial charge in [0.2, 0.25) is 0 Å². The summed E-state index contributed by atoms with van der Waals surface area (Å²) >= 11 is 0. The molecule has 0 spiro atoms. The summed E-state index contributed by atoms with van der Waals surface area (Å²) in [4.78, 5) is 39.5. The largest absolute Gasteiger partial charge is 0.487 e. The number of ether oxygens (including phenoxy) is 3. The van der Waals surface area contributed by atoms with E-state index in [1.807, 2.05) is 30.3 Å². The van der Waals surface area contributed by atoms with Crippen molar-refractivity contribution in [1.82, 2.24) is 15.5 Å². The van der Waals surface area contributed by atoms with Gasteiger partial charge in [-0.3, -0.25) is 19.3 Å². The molecule has 0 aliphatic carbocycles. The minimum atomic E-state index is -0.640. The number of halogens is 1. The smallest absolute Gasteiger partial charge is 0.305 e. The summed E-state index contributed by atoms with van der Waals surface area (Å²) < 4.78 is 31.6. The molecule has 0 saturated carbocycles. The summed E-state index contributed by atoms with van der Waals surface area (Å²) in [7, 11) is 1.36. The Morgan fingerprint density at radius 3 is 2.63 bits per heavy atom. The number of fused-ring (bicyclic) bond motifs is 7. The molecule has 3 aliphatic rings. The van der Waals surface area contributed by atoms with Gasteiger partial charge in [-0.15, -0.1) is 0 Å². The van der Waals surface area contributed by atoms with Crippen molar-refractivity contribution in [2.45, 2.75) is 31.5 Å². The van der Waals surface area contributed by atoms with Gasteiger partial charge in [-0.05, 0) is 66.1 Å². The number of nitrogens with one attached hydrogen (secondary N) is 2. The van der Waals surface area contributed by atoms with Crippen LogP contribution < -0.4 is 20.1 Å². The molecule has 3 aromatic carbocycles. The van der Waals surface area contributed by atoms with Crippen molar-refractivity contribution in [2.75, 3.05) is 33.4 Å². The van der Waals surface area contributed by atoms with E-state index in [9.17, 15) is 18.8 Å². The Hall–Kier alpha value is -4.44. The second-order valence-corrected chi connectivity index (χ2v) is 10.1. The van der Waals surface area contributed by atoms with Gasteiger partial charge in [-0.2, -0.15) is 0 Å². The number of carbonyl (C=O) groups excluding carboxylic acids is 3.